The molecule has 0 fully saturated rings. The monoisotopic (exact) mass is 187 g/mol. The molecular weight excluding hydrogens is 162 g/mol. The van der Waals surface area contributed by atoms with Crippen LogP contribution in [0.1, 0.15) is 40.0 Å². The van der Waals surface area contributed by atoms with Crippen LogP contribution < -0.4 is 5.32 Å². The van der Waals surface area contributed by atoms with Gasteiger partial charge < -0.3 is 10.1 Å². The molecule has 2 unspecified atom stereocenters. The van der Waals surface area contributed by atoms with Crippen LogP contribution in [0.4, 0.5) is 0 Å². The van der Waals surface area contributed by atoms with E-state index in [1.54, 1.807) is 7.11 Å². The fourth-order valence-electron chi connectivity index (χ4n) is 1.59. The molecule has 80 valence electrons. The molecule has 1 N–H and O–H groups in total. The first-order valence-electron chi connectivity index (χ1n) is 5.48. The fraction of sp³-hybridized carbons (Fsp3) is 1.00. The molecular formula is C11H25NO. The average molecular weight is 187 g/mol. The van der Waals surface area contributed by atoms with Crippen molar-refractivity contribution in [1.29, 1.82) is 0 Å². The van der Waals surface area contributed by atoms with Gasteiger partial charge in [-0.25, -0.2) is 0 Å². The predicted molar refractivity (Wildman–Crippen MR) is 58.0 cm³/mol. The number of ether oxygens (including phenoxy) is 1. The van der Waals surface area contributed by atoms with E-state index in [1.807, 2.05) is 0 Å². The predicted octanol–water partition coefficient (Wildman–Crippen LogP) is 2.44. The lowest BCUT2D eigenvalue weighted by Gasteiger charge is -2.24. The minimum atomic E-state index is 0.532. The summed E-state index contributed by atoms with van der Waals surface area (Å²) >= 11 is 0. The second-order valence-electron chi connectivity index (χ2n) is 3.78. The number of hydrogen-bond donors (Lipinski definition) is 1. The Morgan fingerprint density at radius 3 is 2.38 bits per heavy atom. The molecule has 2 heteroatoms. The van der Waals surface area contributed by atoms with Gasteiger partial charge in [0.05, 0.1) is 6.61 Å². The molecule has 0 amide bonds. The molecule has 0 aromatic heterocycles. The maximum Gasteiger partial charge on any atom is 0.0618 e. The van der Waals surface area contributed by atoms with Crippen molar-refractivity contribution in [2.75, 3.05) is 20.3 Å². The van der Waals surface area contributed by atoms with Crippen LogP contribution in [0.25, 0.3) is 0 Å². The Balaban J connectivity index is 3.75. The van der Waals surface area contributed by atoms with E-state index in [2.05, 4.69) is 26.1 Å². The Morgan fingerprint density at radius 2 is 1.92 bits per heavy atom. The van der Waals surface area contributed by atoms with Gasteiger partial charge >= 0.3 is 0 Å². The van der Waals surface area contributed by atoms with Crippen LogP contribution in [0, 0.1) is 5.92 Å². The van der Waals surface area contributed by atoms with E-state index < -0.39 is 0 Å². The first-order valence-corrected chi connectivity index (χ1v) is 5.48. The highest BCUT2D eigenvalue weighted by Crippen LogP contribution is 2.10. The summed E-state index contributed by atoms with van der Waals surface area (Å²) < 4.78 is 5.21. The van der Waals surface area contributed by atoms with E-state index in [-0.39, 0.29) is 0 Å². The minimum Gasteiger partial charge on any atom is -0.383 e. The summed E-state index contributed by atoms with van der Waals surface area (Å²) in [6.45, 7) is 8.67. The molecule has 0 bridgehead atoms. The number of methoxy groups -OCH3 is 1. The smallest absolute Gasteiger partial charge is 0.0618 e. The van der Waals surface area contributed by atoms with Gasteiger partial charge in [0.1, 0.15) is 0 Å². The summed E-state index contributed by atoms with van der Waals surface area (Å²) in [5.74, 6) is 0.719. The second-order valence-corrected chi connectivity index (χ2v) is 3.78. The van der Waals surface area contributed by atoms with Gasteiger partial charge in [-0.05, 0) is 25.3 Å². The third kappa shape index (κ3) is 6.05. The van der Waals surface area contributed by atoms with Crippen molar-refractivity contribution < 1.29 is 4.74 Å². The molecule has 0 aliphatic heterocycles. The van der Waals surface area contributed by atoms with Gasteiger partial charge in [-0.2, -0.15) is 0 Å². The Labute approximate surface area is 83.1 Å². The summed E-state index contributed by atoms with van der Waals surface area (Å²) in [5, 5.41) is 3.53. The Morgan fingerprint density at radius 1 is 1.23 bits per heavy atom. The Bertz CT molecular complexity index is 106. The van der Waals surface area contributed by atoms with Crippen LogP contribution in [-0.4, -0.2) is 26.3 Å². The van der Waals surface area contributed by atoms with E-state index in [9.17, 15) is 0 Å². The standard InChI is InChI=1S/C11H25NO/c1-5-7-10(3)11(9-13-4)12-8-6-2/h10-12H,5-9H2,1-4H3. The van der Waals surface area contributed by atoms with E-state index in [1.165, 1.54) is 19.3 Å². The molecule has 0 rings (SSSR count). The molecule has 0 aliphatic carbocycles. The SMILES string of the molecule is CCCNC(COC)C(C)CCC. The zero-order valence-electron chi connectivity index (χ0n) is 9.60. The van der Waals surface area contributed by atoms with Crippen molar-refractivity contribution in [3.05, 3.63) is 0 Å². The van der Waals surface area contributed by atoms with Crippen molar-refractivity contribution in [1.82, 2.24) is 5.32 Å². The van der Waals surface area contributed by atoms with Crippen LogP contribution in [-0.2, 0) is 4.74 Å². The summed E-state index contributed by atoms with van der Waals surface area (Å²) in [5.41, 5.74) is 0. The number of nitrogens with one attached hydrogen (secondary N) is 1. The van der Waals surface area contributed by atoms with Gasteiger partial charge in [0.15, 0.2) is 0 Å². The van der Waals surface area contributed by atoms with Crippen molar-refractivity contribution in [2.24, 2.45) is 5.92 Å². The average Bonchev–Trinajstić information content (AvgIpc) is 2.12. The summed E-state index contributed by atoms with van der Waals surface area (Å²) in [6.07, 6.45) is 3.74. The minimum absolute atomic E-state index is 0.532. The summed E-state index contributed by atoms with van der Waals surface area (Å²) in [7, 11) is 1.78. The van der Waals surface area contributed by atoms with Crippen LogP contribution in [0.5, 0.6) is 0 Å². The molecule has 0 aromatic carbocycles. The molecule has 0 aromatic rings. The topological polar surface area (TPSA) is 21.3 Å². The molecule has 0 heterocycles. The summed E-state index contributed by atoms with van der Waals surface area (Å²) in [6, 6.07) is 0.532. The third-order valence-corrected chi connectivity index (χ3v) is 2.43. The van der Waals surface area contributed by atoms with Crippen LogP contribution in [0.3, 0.4) is 0 Å². The normalized spacial score (nSPS) is 15.7. The zero-order chi connectivity index (χ0) is 10.1. The summed E-state index contributed by atoms with van der Waals surface area (Å²) in [4.78, 5) is 0. The first kappa shape index (κ1) is 12.9. The Kier molecular flexibility index (Phi) is 8.46. The maximum absolute atomic E-state index is 5.21. The van der Waals surface area contributed by atoms with Crippen molar-refractivity contribution in [2.45, 2.75) is 46.1 Å². The van der Waals surface area contributed by atoms with E-state index in [4.69, 9.17) is 4.74 Å². The number of rotatable bonds is 8. The number of hydrogen-bond acceptors (Lipinski definition) is 2. The van der Waals surface area contributed by atoms with Crippen LogP contribution in [0.15, 0.2) is 0 Å². The molecule has 2 atom stereocenters. The van der Waals surface area contributed by atoms with Gasteiger partial charge in [-0.15, -0.1) is 0 Å². The maximum atomic E-state index is 5.21. The van der Waals surface area contributed by atoms with Crippen LogP contribution >= 0.6 is 0 Å². The molecule has 0 radical (unpaired) electrons. The lowest BCUT2D eigenvalue weighted by molar-refractivity contribution is 0.140. The molecule has 0 saturated heterocycles. The lowest BCUT2D eigenvalue weighted by Crippen LogP contribution is -2.39. The van der Waals surface area contributed by atoms with Gasteiger partial charge in [0.25, 0.3) is 0 Å². The first-order chi connectivity index (χ1) is 6.26. The van der Waals surface area contributed by atoms with Gasteiger partial charge in [-0.1, -0.05) is 27.2 Å². The van der Waals surface area contributed by atoms with E-state index in [0.29, 0.717) is 6.04 Å². The van der Waals surface area contributed by atoms with Crippen molar-refractivity contribution >= 4 is 0 Å². The second kappa shape index (κ2) is 8.52. The van der Waals surface area contributed by atoms with Crippen LogP contribution in [0.2, 0.25) is 0 Å². The Hall–Kier alpha value is -0.0800. The lowest BCUT2D eigenvalue weighted by atomic mass is 9.97. The highest BCUT2D eigenvalue weighted by Gasteiger charge is 2.14. The molecule has 0 spiro atoms. The molecule has 13 heavy (non-hydrogen) atoms. The third-order valence-electron chi connectivity index (χ3n) is 2.43. The quantitative estimate of drug-likeness (QED) is 0.630. The largest absolute Gasteiger partial charge is 0.383 e. The van der Waals surface area contributed by atoms with Gasteiger partial charge in [0, 0.05) is 13.2 Å². The highest BCUT2D eigenvalue weighted by atomic mass is 16.5. The molecule has 0 saturated carbocycles. The van der Waals surface area contributed by atoms with Crippen molar-refractivity contribution in [3.8, 4) is 0 Å². The van der Waals surface area contributed by atoms with Gasteiger partial charge in [-0.3, -0.25) is 0 Å². The van der Waals surface area contributed by atoms with E-state index in [0.717, 1.165) is 19.1 Å². The van der Waals surface area contributed by atoms with Gasteiger partial charge in [0.2, 0.25) is 0 Å². The van der Waals surface area contributed by atoms with E-state index >= 15 is 0 Å². The fourth-order valence-corrected chi connectivity index (χ4v) is 1.59. The highest BCUT2D eigenvalue weighted by molar-refractivity contribution is 4.72. The molecule has 0 aliphatic rings. The zero-order valence-corrected chi connectivity index (χ0v) is 9.60. The van der Waals surface area contributed by atoms with Crippen molar-refractivity contribution in [3.63, 3.8) is 0 Å². The molecule has 2 nitrogen and oxygen atoms in total.